The van der Waals surface area contributed by atoms with Crippen molar-refractivity contribution in [2.24, 2.45) is 5.14 Å². The van der Waals surface area contributed by atoms with Crippen LogP contribution in [0.25, 0.3) is 0 Å². The van der Waals surface area contributed by atoms with Crippen molar-refractivity contribution in [2.75, 3.05) is 13.2 Å². The summed E-state index contributed by atoms with van der Waals surface area (Å²) < 4.78 is 34.1. The van der Waals surface area contributed by atoms with Crippen LogP contribution in [0.2, 0.25) is 0 Å². The lowest BCUT2D eigenvalue weighted by molar-refractivity contribution is -0.0736. The molecule has 0 radical (unpaired) electrons. The summed E-state index contributed by atoms with van der Waals surface area (Å²) in [7, 11) is -3.78. The molecule has 8 heteroatoms. The van der Waals surface area contributed by atoms with Gasteiger partial charge in [0.05, 0.1) is 24.2 Å². The molecule has 1 saturated heterocycles. The minimum atomic E-state index is -3.78. The van der Waals surface area contributed by atoms with Gasteiger partial charge in [-0.25, -0.2) is 13.6 Å². The summed E-state index contributed by atoms with van der Waals surface area (Å²) in [5, 5.41) is 8.03. The fraction of sp³-hybridized carbons (Fsp3) is 0.316. The molecule has 1 heterocycles. The molecule has 2 aromatic carbocycles. The minimum Gasteiger partial charge on any atom is -0.379 e. The third-order valence-electron chi connectivity index (χ3n) is 4.37. The molecule has 0 aliphatic carbocycles. The molecule has 3 N–H and O–H groups in total. The summed E-state index contributed by atoms with van der Waals surface area (Å²) in [4.78, 5) is 12.5. The van der Waals surface area contributed by atoms with Gasteiger partial charge in [0.1, 0.15) is 6.10 Å². The minimum absolute atomic E-state index is 0.0332. The van der Waals surface area contributed by atoms with E-state index in [2.05, 4.69) is 5.32 Å². The molecule has 0 saturated carbocycles. The average molecular weight is 390 g/mol. The number of benzene rings is 2. The maximum absolute atomic E-state index is 12.5. The highest BCUT2D eigenvalue weighted by Gasteiger charge is 2.28. The van der Waals surface area contributed by atoms with E-state index in [1.54, 1.807) is 0 Å². The number of hydrogen-bond acceptors (Lipinski definition) is 5. The van der Waals surface area contributed by atoms with E-state index < -0.39 is 10.0 Å². The Morgan fingerprint density at radius 3 is 2.52 bits per heavy atom. The zero-order chi connectivity index (χ0) is 19.3. The maximum atomic E-state index is 12.5. The lowest BCUT2D eigenvalue weighted by Gasteiger charge is -2.32. The van der Waals surface area contributed by atoms with Crippen molar-refractivity contribution in [2.45, 2.75) is 30.1 Å². The van der Waals surface area contributed by atoms with E-state index in [9.17, 15) is 13.2 Å². The van der Waals surface area contributed by atoms with Crippen molar-refractivity contribution in [3.63, 3.8) is 0 Å². The Morgan fingerprint density at radius 1 is 1.15 bits per heavy atom. The molecule has 144 valence electrons. The third-order valence-corrected chi connectivity index (χ3v) is 5.30. The van der Waals surface area contributed by atoms with E-state index >= 15 is 0 Å². The van der Waals surface area contributed by atoms with Crippen LogP contribution in [0.5, 0.6) is 0 Å². The quantitative estimate of drug-likeness (QED) is 0.776. The first-order chi connectivity index (χ1) is 12.9. The molecule has 1 amide bonds. The predicted molar refractivity (Wildman–Crippen MR) is 99.5 cm³/mol. The summed E-state index contributed by atoms with van der Waals surface area (Å²) in [6, 6.07) is 15.1. The van der Waals surface area contributed by atoms with Gasteiger partial charge in [-0.15, -0.1) is 0 Å². The zero-order valence-corrected chi connectivity index (χ0v) is 15.5. The molecule has 1 fully saturated rings. The molecule has 1 aliphatic heterocycles. The SMILES string of the molecule is NS(=O)(=O)c1ccc(C(=O)N[C@@H]2CCOC[C@H]2OCc2ccccc2)cc1. The van der Waals surface area contributed by atoms with Crippen LogP contribution in [0.4, 0.5) is 0 Å². The Bertz CT molecular complexity index is 869. The molecule has 3 rings (SSSR count). The fourth-order valence-electron chi connectivity index (χ4n) is 2.87. The number of ether oxygens (including phenoxy) is 2. The molecule has 2 atom stereocenters. The van der Waals surface area contributed by atoms with Gasteiger partial charge in [-0.2, -0.15) is 0 Å². The molecule has 0 unspecified atom stereocenters. The monoisotopic (exact) mass is 390 g/mol. The lowest BCUT2D eigenvalue weighted by atomic mass is 10.0. The van der Waals surface area contributed by atoms with Gasteiger partial charge in [-0.3, -0.25) is 4.79 Å². The molecule has 7 nitrogen and oxygen atoms in total. The first-order valence-corrected chi connectivity index (χ1v) is 10.1. The van der Waals surface area contributed by atoms with Crippen molar-refractivity contribution in [1.29, 1.82) is 0 Å². The van der Waals surface area contributed by atoms with Crippen LogP contribution < -0.4 is 10.5 Å². The number of nitrogens with one attached hydrogen (secondary N) is 1. The van der Waals surface area contributed by atoms with Crippen molar-refractivity contribution in [3.05, 3.63) is 65.7 Å². The number of carbonyl (C=O) groups is 1. The van der Waals surface area contributed by atoms with Crippen LogP contribution in [-0.2, 0) is 26.1 Å². The van der Waals surface area contributed by atoms with Gasteiger partial charge in [-0.05, 0) is 36.2 Å². The molecule has 0 spiro atoms. The van der Waals surface area contributed by atoms with E-state index in [1.165, 1.54) is 24.3 Å². The van der Waals surface area contributed by atoms with Crippen molar-refractivity contribution < 1.29 is 22.7 Å². The van der Waals surface area contributed by atoms with Crippen LogP contribution in [0.15, 0.2) is 59.5 Å². The predicted octanol–water partition coefficient (Wildman–Crippen LogP) is 1.44. The van der Waals surface area contributed by atoms with E-state index in [4.69, 9.17) is 14.6 Å². The zero-order valence-electron chi connectivity index (χ0n) is 14.7. The first kappa shape index (κ1) is 19.5. The summed E-state index contributed by atoms with van der Waals surface area (Å²) in [5.41, 5.74) is 1.41. The molecule has 2 aromatic rings. The van der Waals surface area contributed by atoms with E-state index in [-0.39, 0.29) is 22.9 Å². The largest absolute Gasteiger partial charge is 0.379 e. The number of amides is 1. The van der Waals surface area contributed by atoms with Crippen molar-refractivity contribution in [1.82, 2.24) is 5.32 Å². The van der Waals surface area contributed by atoms with E-state index in [0.717, 1.165) is 5.56 Å². The first-order valence-electron chi connectivity index (χ1n) is 8.60. The van der Waals surface area contributed by atoms with Gasteiger partial charge in [0, 0.05) is 12.2 Å². The van der Waals surface area contributed by atoms with Gasteiger partial charge >= 0.3 is 0 Å². The second-order valence-electron chi connectivity index (χ2n) is 6.35. The molecular weight excluding hydrogens is 368 g/mol. The second kappa shape index (κ2) is 8.62. The Hall–Kier alpha value is -2.26. The van der Waals surface area contributed by atoms with Gasteiger partial charge in [0.25, 0.3) is 5.91 Å². The average Bonchev–Trinajstić information content (AvgIpc) is 2.67. The third kappa shape index (κ3) is 5.36. The lowest BCUT2D eigenvalue weighted by Crippen LogP contribution is -2.49. The van der Waals surface area contributed by atoms with Gasteiger partial charge in [0.15, 0.2) is 0 Å². The standard InChI is InChI=1S/C19H22N2O5S/c20-27(23,24)16-8-6-15(7-9-16)19(22)21-17-10-11-25-13-18(17)26-12-14-4-2-1-3-5-14/h1-9,17-18H,10-13H2,(H,21,22)(H2,20,23,24)/t17-,18-/m1/s1. The number of hydrogen-bond donors (Lipinski definition) is 2. The molecule has 0 bridgehead atoms. The Labute approximate surface area is 158 Å². The Balaban J connectivity index is 1.62. The Kier molecular flexibility index (Phi) is 6.22. The molecule has 1 aliphatic rings. The van der Waals surface area contributed by atoms with Crippen LogP contribution in [0, 0.1) is 0 Å². The highest BCUT2D eigenvalue weighted by Crippen LogP contribution is 2.15. The van der Waals surface area contributed by atoms with Crippen LogP contribution in [0.1, 0.15) is 22.3 Å². The van der Waals surface area contributed by atoms with Gasteiger partial charge < -0.3 is 14.8 Å². The topological polar surface area (TPSA) is 108 Å². The summed E-state index contributed by atoms with van der Waals surface area (Å²) in [6.45, 7) is 1.38. The van der Waals surface area contributed by atoms with E-state index in [0.29, 0.717) is 31.8 Å². The molecule has 27 heavy (non-hydrogen) atoms. The maximum Gasteiger partial charge on any atom is 0.251 e. The number of primary sulfonamides is 1. The molecular formula is C19H22N2O5S. The number of rotatable bonds is 6. The van der Waals surface area contributed by atoms with Crippen molar-refractivity contribution in [3.8, 4) is 0 Å². The van der Waals surface area contributed by atoms with Gasteiger partial charge in [0.2, 0.25) is 10.0 Å². The highest BCUT2D eigenvalue weighted by atomic mass is 32.2. The molecule has 0 aromatic heterocycles. The highest BCUT2D eigenvalue weighted by molar-refractivity contribution is 7.89. The van der Waals surface area contributed by atoms with Crippen LogP contribution in [-0.4, -0.2) is 39.7 Å². The fourth-order valence-corrected chi connectivity index (χ4v) is 3.38. The Morgan fingerprint density at radius 2 is 1.85 bits per heavy atom. The summed E-state index contributed by atoms with van der Waals surface area (Å²) >= 11 is 0. The van der Waals surface area contributed by atoms with Crippen LogP contribution >= 0.6 is 0 Å². The smallest absolute Gasteiger partial charge is 0.251 e. The summed E-state index contributed by atoms with van der Waals surface area (Å²) in [6.07, 6.45) is 0.382. The number of nitrogens with two attached hydrogens (primary N) is 1. The number of sulfonamides is 1. The summed E-state index contributed by atoms with van der Waals surface area (Å²) in [5.74, 6) is -0.295. The normalized spacial score (nSPS) is 20.2. The second-order valence-corrected chi connectivity index (χ2v) is 7.91. The van der Waals surface area contributed by atoms with Crippen molar-refractivity contribution >= 4 is 15.9 Å². The number of carbonyl (C=O) groups excluding carboxylic acids is 1. The van der Waals surface area contributed by atoms with Crippen LogP contribution in [0.3, 0.4) is 0 Å². The van der Waals surface area contributed by atoms with Gasteiger partial charge in [-0.1, -0.05) is 30.3 Å². The van der Waals surface area contributed by atoms with E-state index in [1.807, 2.05) is 30.3 Å².